The van der Waals surface area contributed by atoms with Gasteiger partial charge in [0.1, 0.15) is 11.3 Å². The molecule has 0 aromatic carbocycles. The molecule has 3 heterocycles. The van der Waals surface area contributed by atoms with E-state index in [4.69, 9.17) is 0 Å². The van der Waals surface area contributed by atoms with Gasteiger partial charge in [-0.15, -0.1) is 0 Å². The first-order valence-electron chi connectivity index (χ1n) is 6.92. The van der Waals surface area contributed by atoms with Crippen LogP contribution in [-0.2, 0) is 0 Å². The predicted octanol–water partition coefficient (Wildman–Crippen LogP) is 1.56. The third-order valence-electron chi connectivity index (χ3n) is 3.68. The number of nitrogens with zero attached hydrogens (tertiary/aromatic N) is 5. The molecule has 2 aromatic rings. The minimum Gasteiger partial charge on any atom is -0.355 e. The molecule has 0 bridgehead atoms. The minimum atomic E-state index is 0.733. The molecule has 1 aliphatic heterocycles. The van der Waals surface area contributed by atoms with E-state index in [2.05, 4.69) is 37.7 Å². The first-order valence-corrected chi connectivity index (χ1v) is 6.92. The molecule has 19 heavy (non-hydrogen) atoms. The molecule has 2 aromatic heterocycles. The van der Waals surface area contributed by atoms with Crippen LogP contribution in [0.25, 0.3) is 11.2 Å². The van der Waals surface area contributed by atoms with E-state index in [-0.39, 0.29) is 0 Å². The summed E-state index contributed by atoms with van der Waals surface area (Å²) in [5.74, 6) is 1.02. The normalized spacial score (nSPS) is 17.6. The lowest BCUT2D eigenvalue weighted by Gasteiger charge is -2.22. The van der Waals surface area contributed by atoms with E-state index in [1.165, 1.54) is 13.0 Å². The highest BCUT2D eigenvalue weighted by Gasteiger charge is 2.15. The van der Waals surface area contributed by atoms with Crippen molar-refractivity contribution in [3.8, 4) is 0 Å². The molecule has 0 unspecified atom stereocenters. The molecule has 1 saturated heterocycles. The van der Waals surface area contributed by atoms with Crippen molar-refractivity contribution in [3.05, 3.63) is 24.5 Å². The molecule has 0 N–H and O–H groups in total. The quantitative estimate of drug-likeness (QED) is 0.817. The Hall–Kier alpha value is -1.75. The number of pyridine rings is 1. The fourth-order valence-corrected chi connectivity index (χ4v) is 2.54. The van der Waals surface area contributed by atoms with Gasteiger partial charge in [-0.1, -0.05) is 6.92 Å². The van der Waals surface area contributed by atoms with Gasteiger partial charge >= 0.3 is 0 Å². The van der Waals surface area contributed by atoms with Crippen LogP contribution in [0.15, 0.2) is 24.5 Å². The number of aromatic nitrogens is 3. The molecule has 0 atom stereocenters. The molecule has 0 aliphatic carbocycles. The van der Waals surface area contributed by atoms with Gasteiger partial charge in [0, 0.05) is 32.0 Å². The number of hydrogen-bond donors (Lipinski definition) is 0. The molecule has 5 heteroatoms. The lowest BCUT2D eigenvalue weighted by Crippen LogP contribution is -2.31. The Morgan fingerprint density at radius 1 is 1.05 bits per heavy atom. The second-order valence-electron chi connectivity index (χ2n) is 4.84. The molecular weight excluding hydrogens is 238 g/mol. The highest BCUT2D eigenvalue weighted by Crippen LogP contribution is 2.16. The van der Waals surface area contributed by atoms with Crippen molar-refractivity contribution in [1.82, 2.24) is 19.9 Å². The first-order chi connectivity index (χ1) is 9.36. The molecule has 100 valence electrons. The summed E-state index contributed by atoms with van der Waals surface area (Å²) in [4.78, 5) is 18.0. The molecule has 0 amide bonds. The maximum absolute atomic E-state index is 4.63. The van der Waals surface area contributed by atoms with Gasteiger partial charge in [0.05, 0.1) is 0 Å². The average Bonchev–Trinajstić information content (AvgIpc) is 2.72. The fourth-order valence-electron chi connectivity index (χ4n) is 2.54. The molecule has 1 aliphatic rings. The van der Waals surface area contributed by atoms with E-state index in [0.29, 0.717) is 0 Å². The molecule has 0 spiro atoms. The van der Waals surface area contributed by atoms with Crippen LogP contribution >= 0.6 is 0 Å². The van der Waals surface area contributed by atoms with Crippen LogP contribution in [0.1, 0.15) is 13.3 Å². The van der Waals surface area contributed by atoms with Crippen molar-refractivity contribution in [1.29, 1.82) is 0 Å². The van der Waals surface area contributed by atoms with Gasteiger partial charge in [-0.05, 0) is 31.6 Å². The second-order valence-corrected chi connectivity index (χ2v) is 4.84. The summed E-state index contributed by atoms with van der Waals surface area (Å²) in [7, 11) is 0. The Morgan fingerprint density at radius 3 is 2.84 bits per heavy atom. The van der Waals surface area contributed by atoms with Crippen LogP contribution in [0.3, 0.4) is 0 Å². The summed E-state index contributed by atoms with van der Waals surface area (Å²) >= 11 is 0. The molecular formula is C14H19N5. The fraction of sp³-hybridized carbons (Fsp3) is 0.500. The van der Waals surface area contributed by atoms with E-state index >= 15 is 0 Å². The van der Waals surface area contributed by atoms with E-state index in [0.717, 1.165) is 43.2 Å². The van der Waals surface area contributed by atoms with Crippen molar-refractivity contribution in [2.45, 2.75) is 13.3 Å². The zero-order valence-corrected chi connectivity index (χ0v) is 11.3. The van der Waals surface area contributed by atoms with Gasteiger partial charge in [-0.2, -0.15) is 0 Å². The lowest BCUT2D eigenvalue weighted by molar-refractivity contribution is 0.310. The summed E-state index contributed by atoms with van der Waals surface area (Å²) in [5.41, 5.74) is 1.59. The van der Waals surface area contributed by atoms with Crippen molar-refractivity contribution < 1.29 is 0 Å². The predicted molar refractivity (Wildman–Crippen MR) is 76.3 cm³/mol. The van der Waals surface area contributed by atoms with Crippen LogP contribution in [0.2, 0.25) is 0 Å². The number of rotatable bonds is 2. The van der Waals surface area contributed by atoms with Crippen LogP contribution in [0.4, 0.5) is 5.82 Å². The van der Waals surface area contributed by atoms with Crippen molar-refractivity contribution >= 4 is 17.0 Å². The maximum Gasteiger partial charge on any atom is 0.180 e. The minimum absolute atomic E-state index is 0.733. The van der Waals surface area contributed by atoms with Gasteiger partial charge in [0.2, 0.25) is 0 Å². The maximum atomic E-state index is 4.63. The van der Waals surface area contributed by atoms with E-state index in [9.17, 15) is 0 Å². The van der Waals surface area contributed by atoms with E-state index in [1.807, 2.05) is 6.07 Å². The Labute approximate surface area is 113 Å². The van der Waals surface area contributed by atoms with Crippen molar-refractivity contribution in [2.24, 2.45) is 0 Å². The largest absolute Gasteiger partial charge is 0.355 e. The summed E-state index contributed by atoms with van der Waals surface area (Å²) in [5, 5.41) is 0. The zero-order valence-electron chi connectivity index (χ0n) is 11.3. The highest BCUT2D eigenvalue weighted by molar-refractivity contribution is 5.71. The number of hydrogen-bond acceptors (Lipinski definition) is 5. The van der Waals surface area contributed by atoms with Gasteiger partial charge < -0.3 is 9.80 Å². The zero-order chi connectivity index (χ0) is 13.1. The van der Waals surface area contributed by atoms with Crippen LogP contribution in [0, 0.1) is 0 Å². The molecule has 5 nitrogen and oxygen atoms in total. The Bertz CT molecular complexity index is 556. The number of likely N-dealkylation sites (N-methyl/N-ethyl adjacent to an activating group) is 1. The average molecular weight is 257 g/mol. The standard InChI is InChI=1S/C14H19N5/c1-2-18-8-3-9-19(11-10-18)13-5-4-12-14(17-13)16-7-6-15-12/h4-7H,2-3,8-11H2,1H3. The summed E-state index contributed by atoms with van der Waals surface area (Å²) < 4.78 is 0. The van der Waals surface area contributed by atoms with Gasteiger partial charge in [-0.25, -0.2) is 9.97 Å². The Kier molecular flexibility index (Phi) is 3.55. The molecule has 0 radical (unpaired) electrons. The lowest BCUT2D eigenvalue weighted by atomic mass is 10.3. The Morgan fingerprint density at radius 2 is 1.95 bits per heavy atom. The number of fused-ring (bicyclic) bond motifs is 1. The SMILES string of the molecule is CCN1CCCN(c2ccc3nccnc3n2)CC1. The van der Waals surface area contributed by atoms with Crippen LogP contribution < -0.4 is 4.90 Å². The van der Waals surface area contributed by atoms with Gasteiger partial charge in [-0.3, -0.25) is 4.98 Å². The molecule has 0 saturated carbocycles. The van der Waals surface area contributed by atoms with Crippen molar-refractivity contribution in [2.75, 3.05) is 37.6 Å². The van der Waals surface area contributed by atoms with Crippen LogP contribution in [0.5, 0.6) is 0 Å². The van der Waals surface area contributed by atoms with E-state index in [1.54, 1.807) is 12.4 Å². The summed E-state index contributed by atoms with van der Waals surface area (Å²) in [6.45, 7) is 7.74. The highest BCUT2D eigenvalue weighted by atomic mass is 15.2. The van der Waals surface area contributed by atoms with Crippen LogP contribution in [-0.4, -0.2) is 52.6 Å². The summed E-state index contributed by atoms with van der Waals surface area (Å²) in [6, 6.07) is 4.06. The second kappa shape index (κ2) is 5.48. The third kappa shape index (κ3) is 2.66. The van der Waals surface area contributed by atoms with Crippen molar-refractivity contribution in [3.63, 3.8) is 0 Å². The van der Waals surface area contributed by atoms with Gasteiger partial charge in [0.25, 0.3) is 0 Å². The third-order valence-corrected chi connectivity index (χ3v) is 3.68. The topological polar surface area (TPSA) is 45.2 Å². The number of anilines is 1. The van der Waals surface area contributed by atoms with E-state index < -0.39 is 0 Å². The molecule has 1 fully saturated rings. The van der Waals surface area contributed by atoms with Gasteiger partial charge in [0.15, 0.2) is 5.65 Å². The first kappa shape index (κ1) is 12.3. The Balaban J connectivity index is 1.83. The molecule has 3 rings (SSSR count). The smallest absolute Gasteiger partial charge is 0.180 e. The monoisotopic (exact) mass is 257 g/mol. The summed E-state index contributed by atoms with van der Waals surface area (Å²) in [6.07, 6.45) is 4.59.